The first-order chi connectivity index (χ1) is 8.60. The number of benzene rings is 1. The fourth-order valence-electron chi connectivity index (χ4n) is 1.64. The van der Waals surface area contributed by atoms with Gasteiger partial charge >= 0.3 is 0 Å². The Morgan fingerprint density at radius 2 is 1.78 bits per heavy atom. The van der Waals surface area contributed by atoms with Gasteiger partial charge in [-0.2, -0.15) is 0 Å². The first-order valence-corrected chi connectivity index (χ1v) is 7.87. The van der Waals surface area contributed by atoms with Crippen LogP contribution in [0.5, 0.6) is 0 Å². The molecule has 0 radical (unpaired) electrons. The molecular formula is C13H22N2O2S. The SMILES string of the molecule is CCc1ccc(S(=O)(=O)NCCCCCN)cc1. The Morgan fingerprint density at radius 3 is 2.33 bits per heavy atom. The van der Waals surface area contributed by atoms with Gasteiger partial charge in [0.25, 0.3) is 0 Å². The molecule has 4 nitrogen and oxygen atoms in total. The highest BCUT2D eigenvalue weighted by Gasteiger charge is 2.12. The van der Waals surface area contributed by atoms with Crippen LogP contribution in [-0.4, -0.2) is 21.5 Å². The Balaban J connectivity index is 2.51. The molecule has 0 aliphatic carbocycles. The molecule has 0 aliphatic heterocycles. The summed E-state index contributed by atoms with van der Waals surface area (Å²) in [6.45, 7) is 3.17. The molecule has 0 heterocycles. The normalized spacial score (nSPS) is 11.7. The second kappa shape index (κ2) is 7.51. The minimum absolute atomic E-state index is 0.332. The molecule has 0 bridgehead atoms. The van der Waals surface area contributed by atoms with Crippen molar-refractivity contribution in [1.29, 1.82) is 0 Å². The van der Waals surface area contributed by atoms with Crippen LogP contribution in [0.15, 0.2) is 29.2 Å². The maximum absolute atomic E-state index is 11.9. The Morgan fingerprint density at radius 1 is 1.11 bits per heavy atom. The summed E-state index contributed by atoms with van der Waals surface area (Å²) in [5, 5.41) is 0. The van der Waals surface area contributed by atoms with Crippen molar-refractivity contribution in [3.8, 4) is 0 Å². The molecule has 1 rings (SSSR count). The van der Waals surface area contributed by atoms with E-state index < -0.39 is 10.0 Å². The lowest BCUT2D eigenvalue weighted by Gasteiger charge is -2.07. The Kier molecular flexibility index (Phi) is 6.32. The predicted octanol–water partition coefficient (Wildman–Crippen LogP) is 1.66. The maximum atomic E-state index is 11.9. The first-order valence-electron chi connectivity index (χ1n) is 6.39. The summed E-state index contributed by atoms with van der Waals surface area (Å²) >= 11 is 0. The Labute approximate surface area is 110 Å². The van der Waals surface area contributed by atoms with Gasteiger partial charge in [-0.1, -0.05) is 25.5 Å². The number of sulfonamides is 1. The summed E-state index contributed by atoms with van der Waals surface area (Å²) in [4.78, 5) is 0.332. The van der Waals surface area contributed by atoms with Gasteiger partial charge in [-0.3, -0.25) is 0 Å². The van der Waals surface area contributed by atoms with Gasteiger partial charge in [0.05, 0.1) is 4.90 Å². The number of nitrogens with two attached hydrogens (primary N) is 1. The second-order valence-corrected chi connectivity index (χ2v) is 6.01. The lowest BCUT2D eigenvalue weighted by atomic mass is 10.2. The number of aryl methyl sites for hydroxylation is 1. The van der Waals surface area contributed by atoms with E-state index in [9.17, 15) is 8.42 Å². The zero-order valence-electron chi connectivity index (χ0n) is 10.9. The lowest BCUT2D eigenvalue weighted by molar-refractivity contribution is 0.575. The minimum atomic E-state index is -3.35. The average Bonchev–Trinajstić information content (AvgIpc) is 2.38. The second-order valence-electron chi connectivity index (χ2n) is 4.24. The fraction of sp³-hybridized carbons (Fsp3) is 0.538. The molecule has 0 aromatic heterocycles. The molecule has 0 spiro atoms. The van der Waals surface area contributed by atoms with E-state index in [4.69, 9.17) is 5.73 Å². The number of rotatable bonds is 8. The van der Waals surface area contributed by atoms with Crippen LogP contribution in [0.1, 0.15) is 31.7 Å². The van der Waals surface area contributed by atoms with Crippen molar-refractivity contribution in [3.05, 3.63) is 29.8 Å². The third-order valence-corrected chi connectivity index (χ3v) is 4.29. The zero-order chi connectivity index (χ0) is 13.4. The number of nitrogens with one attached hydrogen (secondary N) is 1. The highest BCUT2D eigenvalue weighted by Crippen LogP contribution is 2.10. The summed E-state index contributed by atoms with van der Waals surface area (Å²) < 4.78 is 26.5. The van der Waals surface area contributed by atoms with Crippen LogP contribution < -0.4 is 10.5 Å². The standard InChI is InChI=1S/C13H22N2O2S/c1-2-12-6-8-13(9-7-12)18(16,17)15-11-5-3-4-10-14/h6-9,15H,2-5,10-11,14H2,1H3. The molecule has 0 unspecified atom stereocenters. The zero-order valence-corrected chi connectivity index (χ0v) is 11.7. The topological polar surface area (TPSA) is 72.2 Å². The quantitative estimate of drug-likeness (QED) is 0.706. The molecule has 3 N–H and O–H groups in total. The van der Waals surface area contributed by atoms with Crippen molar-refractivity contribution in [3.63, 3.8) is 0 Å². The number of hydrogen-bond acceptors (Lipinski definition) is 3. The Hall–Kier alpha value is -0.910. The largest absolute Gasteiger partial charge is 0.330 e. The summed E-state index contributed by atoms with van der Waals surface area (Å²) in [6.07, 6.45) is 3.62. The molecule has 0 fully saturated rings. The van der Waals surface area contributed by atoms with Gasteiger partial charge in [0.2, 0.25) is 10.0 Å². The lowest BCUT2D eigenvalue weighted by Crippen LogP contribution is -2.24. The van der Waals surface area contributed by atoms with E-state index in [1.165, 1.54) is 0 Å². The molecule has 0 saturated heterocycles. The van der Waals surface area contributed by atoms with Crippen LogP contribution in [0.25, 0.3) is 0 Å². The van der Waals surface area contributed by atoms with Crippen molar-refractivity contribution in [2.45, 2.75) is 37.5 Å². The van der Waals surface area contributed by atoms with E-state index in [1.807, 2.05) is 19.1 Å². The highest BCUT2D eigenvalue weighted by molar-refractivity contribution is 7.89. The van der Waals surface area contributed by atoms with Gasteiger partial charge in [-0.05, 0) is 43.5 Å². The molecule has 1 aromatic carbocycles. The van der Waals surface area contributed by atoms with Gasteiger partial charge in [0, 0.05) is 6.54 Å². The van der Waals surface area contributed by atoms with E-state index in [0.29, 0.717) is 18.0 Å². The first kappa shape index (κ1) is 15.1. The summed E-state index contributed by atoms with van der Waals surface area (Å²) in [5.74, 6) is 0. The molecule has 18 heavy (non-hydrogen) atoms. The smallest absolute Gasteiger partial charge is 0.240 e. The van der Waals surface area contributed by atoms with Crippen LogP contribution in [0.2, 0.25) is 0 Å². The van der Waals surface area contributed by atoms with E-state index in [1.54, 1.807) is 12.1 Å². The molecular weight excluding hydrogens is 248 g/mol. The van der Waals surface area contributed by atoms with Crippen molar-refractivity contribution in [1.82, 2.24) is 4.72 Å². The van der Waals surface area contributed by atoms with Gasteiger partial charge in [-0.25, -0.2) is 13.1 Å². The third kappa shape index (κ3) is 4.76. The van der Waals surface area contributed by atoms with Crippen LogP contribution in [-0.2, 0) is 16.4 Å². The average molecular weight is 270 g/mol. The van der Waals surface area contributed by atoms with Gasteiger partial charge in [0.15, 0.2) is 0 Å². The molecule has 102 valence electrons. The van der Waals surface area contributed by atoms with Crippen LogP contribution in [0, 0.1) is 0 Å². The van der Waals surface area contributed by atoms with Crippen molar-refractivity contribution < 1.29 is 8.42 Å². The molecule has 1 aromatic rings. The number of hydrogen-bond donors (Lipinski definition) is 2. The summed E-state index contributed by atoms with van der Waals surface area (Å²) in [5.41, 5.74) is 6.51. The fourth-order valence-corrected chi connectivity index (χ4v) is 2.71. The van der Waals surface area contributed by atoms with Crippen LogP contribution in [0.4, 0.5) is 0 Å². The monoisotopic (exact) mass is 270 g/mol. The van der Waals surface area contributed by atoms with Gasteiger partial charge < -0.3 is 5.73 Å². The number of unbranched alkanes of at least 4 members (excludes halogenated alkanes) is 2. The van der Waals surface area contributed by atoms with Crippen molar-refractivity contribution >= 4 is 10.0 Å². The molecule has 0 aliphatic rings. The van der Waals surface area contributed by atoms with Gasteiger partial charge in [0.1, 0.15) is 0 Å². The van der Waals surface area contributed by atoms with E-state index in [2.05, 4.69) is 4.72 Å². The summed E-state index contributed by atoms with van der Waals surface area (Å²) in [6, 6.07) is 7.01. The van der Waals surface area contributed by atoms with Crippen molar-refractivity contribution in [2.75, 3.05) is 13.1 Å². The van der Waals surface area contributed by atoms with Gasteiger partial charge in [-0.15, -0.1) is 0 Å². The predicted molar refractivity (Wildman–Crippen MR) is 73.9 cm³/mol. The summed E-state index contributed by atoms with van der Waals surface area (Å²) in [7, 11) is -3.35. The van der Waals surface area contributed by atoms with Crippen LogP contribution in [0.3, 0.4) is 0 Å². The molecule has 0 amide bonds. The van der Waals surface area contributed by atoms with E-state index in [-0.39, 0.29) is 0 Å². The highest BCUT2D eigenvalue weighted by atomic mass is 32.2. The third-order valence-electron chi connectivity index (χ3n) is 2.81. The Bertz CT molecular complexity index is 441. The van der Waals surface area contributed by atoms with Crippen LogP contribution >= 0.6 is 0 Å². The van der Waals surface area contributed by atoms with E-state index >= 15 is 0 Å². The van der Waals surface area contributed by atoms with Crippen molar-refractivity contribution in [2.24, 2.45) is 5.73 Å². The molecule has 0 atom stereocenters. The van der Waals surface area contributed by atoms with E-state index in [0.717, 1.165) is 31.2 Å². The molecule has 5 heteroatoms. The maximum Gasteiger partial charge on any atom is 0.240 e. The molecule has 0 saturated carbocycles. The minimum Gasteiger partial charge on any atom is -0.330 e.